The van der Waals surface area contributed by atoms with Crippen LogP contribution in [0.3, 0.4) is 0 Å². The van der Waals surface area contributed by atoms with Crippen LogP contribution in [-0.4, -0.2) is 15.0 Å². The van der Waals surface area contributed by atoms with Crippen LogP contribution in [-0.2, 0) is 9.84 Å². The van der Waals surface area contributed by atoms with Gasteiger partial charge in [0.05, 0.1) is 4.90 Å². The van der Waals surface area contributed by atoms with Crippen molar-refractivity contribution >= 4 is 9.84 Å². The fourth-order valence-corrected chi connectivity index (χ4v) is 3.28. The third-order valence-corrected chi connectivity index (χ3v) is 4.90. The van der Waals surface area contributed by atoms with Gasteiger partial charge in [-0.15, -0.1) is 5.75 Å². The fraction of sp³-hybridized carbons (Fsp3) is 0.167. The molecule has 0 amide bonds. The second-order valence-electron chi connectivity index (χ2n) is 5.15. The van der Waals surface area contributed by atoms with Crippen LogP contribution in [0.2, 0.25) is 0 Å². The molecular formula is C18H20NO2S-. The molecule has 1 N–H and O–H groups in total. The van der Waals surface area contributed by atoms with E-state index in [9.17, 15) is 8.42 Å². The lowest BCUT2D eigenvalue weighted by Gasteiger charge is -2.19. The second-order valence-corrected chi connectivity index (χ2v) is 6.94. The zero-order valence-corrected chi connectivity index (χ0v) is 13.4. The third-order valence-electron chi connectivity index (χ3n) is 3.33. The maximum atomic E-state index is 12.2. The Hall–Kier alpha value is -2.04. The molecule has 0 radical (unpaired) electrons. The normalized spacial score (nSPS) is 12.6. The number of rotatable bonds is 7. The summed E-state index contributed by atoms with van der Waals surface area (Å²) in [5.41, 5.74) is 1.69. The first-order valence-corrected chi connectivity index (χ1v) is 8.64. The van der Waals surface area contributed by atoms with Gasteiger partial charge in [0, 0.05) is 6.04 Å². The van der Waals surface area contributed by atoms with Crippen molar-refractivity contribution in [3.05, 3.63) is 84.1 Å². The standard InChI is InChI=1S/C18H20NO2S/c1-15(13-19-16(2)17-9-5-3-6-10-17)14-22(20,21)18-11-7-4-8-12-18/h3-12,14,16,19H,1,13H2,2H3/q-1/t16-/m0/s1. The molecular weight excluding hydrogens is 294 g/mol. The van der Waals surface area contributed by atoms with Gasteiger partial charge in [-0.1, -0.05) is 48.5 Å². The lowest BCUT2D eigenvalue weighted by Crippen LogP contribution is -2.22. The molecule has 0 aliphatic rings. The molecule has 0 fully saturated rings. The largest absolute Gasteiger partial charge is 0.309 e. The van der Waals surface area contributed by atoms with Crippen LogP contribution in [0.5, 0.6) is 0 Å². The molecule has 1 atom stereocenters. The van der Waals surface area contributed by atoms with E-state index < -0.39 is 9.84 Å². The highest BCUT2D eigenvalue weighted by Crippen LogP contribution is 2.17. The van der Waals surface area contributed by atoms with E-state index in [-0.39, 0.29) is 10.9 Å². The summed E-state index contributed by atoms with van der Waals surface area (Å²) in [6.45, 7) is 6.29. The predicted molar refractivity (Wildman–Crippen MR) is 89.9 cm³/mol. The first kappa shape index (κ1) is 16.3. The summed E-state index contributed by atoms with van der Waals surface area (Å²) in [4.78, 5) is 0.284. The Labute approximate surface area is 132 Å². The van der Waals surface area contributed by atoms with Gasteiger partial charge in [-0.25, -0.2) is 15.0 Å². The van der Waals surface area contributed by atoms with Crippen molar-refractivity contribution < 1.29 is 8.42 Å². The monoisotopic (exact) mass is 314 g/mol. The molecule has 22 heavy (non-hydrogen) atoms. The van der Waals surface area contributed by atoms with E-state index in [0.29, 0.717) is 12.1 Å². The predicted octanol–water partition coefficient (Wildman–Crippen LogP) is 3.53. The van der Waals surface area contributed by atoms with Crippen molar-refractivity contribution in [2.24, 2.45) is 0 Å². The van der Waals surface area contributed by atoms with Crippen LogP contribution < -0.4 is 5.32 Å². The van der Waals surface area contributed by atoms with Gasteiger partial charge in [0.1, 0.15) is 9.84 Å². The van der Waals surface area contributed by atoms with Crippen molar-refractivity contribution in [2.75, 3.05) is 6.54 Å². The molecule has 3 nitrogen and oxygen atoms in total. The summed E-state index contributed by atoms with van der Waals surface area (Å²) >= 11 is 0. The molecule has 0 saturated carbocycles. The minimum Gasteiger partial charge on any atom is -0.309 e. The van der Waals surface area contributed by atoms with Crippen LogP contribution in [0.15, 0.2) is 77.7 Å². The highest BCUT2D eigenvalue weighted by atomic mass is 32.2. The van der Waals surface area contributed by atoms with E-state index in [1.165, 1.54) is 5.75 Å². The zero-order chi connectivity index (χ0) is 16.0. The van der Waals surface area contributed by atoms with Gasteiger partial charge < -0.3 is 5.32 Å². The number of nitrogens with one attached hydrogen (secondary N) is 1. The molecule has 0 spiro atoms. The van der Waals surface area contributed by atoms with Crippen molar-refractivity contribution in [3.63, 3.8) is 0 Å². The molecule has 0 saturated heterocycles. The summed E-state index contributed by atoms with van der Waals surface area (Å²) in [5, 5.41) is 3.28. The molecule has 0 bridgehead atoms. The Balaban J connectivity index is 1.91. The molecule has 116 valence electrons. The average Bonchev–Trinajstić information content (AvgIpc) is 2.54. The lowest BCUT2D eigenvalue weighted by atomic mass is 10.1. The van der Waals surface area contributed by atoms with E-state index in [1.807, 2.05) is 37.3 Å². The molecule has 0 aliphatic heterocycles. The van der Waals surface area contributed by atoms with Crippen LogP contribution in [0.1, 0.15) is 18.5 Å². The number of hydrogen-bond acceptors (Lipinski definition) is 3. The molecule has 2 rings (SSSR count). The highest BCUT2D eigenvalue weighted by molar-refractivity contribution is 7.93. The van der Waals surface area contributed by atoms with Gasteiger partial charge in [-0.05, 0) is 31.2 Å². The van der Waals surface area contributed by atoms with Gasteiger partial charge in [0.25, 0.3) is 0 Å². The van der Waals surface area contributed by atoms with Gasteiger partial charge in [0.2, 0.25) is 0 Å². The van der Waals surface area contributed by atoms with Gasteiger partial charge in [0.15, 0.2) is 0 Å². The number of sulfone groups is 1. The Bertz CT molecular complexity index is 709. The van der Waals surface area contributed by atoms with Crippen LogP contribution >= 0.6 is 0 Å². The number of benzene rings is 2. The van der Waals surface area contributed by atoms with E-state index in [0.717, 1.165) is 5.56 Å². The quantitative estimate of drug-likeness (QED) is 0.795. The Morgan fingerprint density at radius 3 is 2.23 bits per heavy atom. The second kappa shape index (κ2) is 7.29. The minimum atomic E-state index is -3.44. The SMILES string of the molecule is C=C([CH-]S(=O)(=O)c1ccccc1)CN[C@@H](C)c1ccccc1. The summed E-state index contributed by atoms with van der Waals surface area (Å²) in [7, 11) is -3.44. The molecule has 2 aromatic carbocycles. The van der Waals surface area contributed by atoms with Crippen LogP contribution in [0.25, 0.3) is 0 Å². The van der Waals surface area contributed by atoms with Crippen molar-refractivity contribution in [3.8, 4) is 0 Å². The first-order chi connectivity index (χ1) is 10.5. The van der Waals surface area contributed by atoms with E-state index >= 15 is 0 Å². The molecule has 0 unspecified atom stereocenters. The molecule has 0 aromatic heterocycles. The van der Waals surface area contributed by atoms with Gasteiger partial charge in [-0.3, -0.25) is 0 Å². The average molecular weight is 314 g/mol. The topological polar surface area (TPSA) is 46.2 Å². The highest BCUT2D eigenvalue weighted by Gasteiger charge is 2.10. The van der Waals surface area contributed by atoms with Gasteiger partial charge >= 0.3 is 0 Å². The Kier molecular flexibility index (Phi) is 5.41. The summed E-state index contributed by atoms with van der Waals surface area (Å²) in [6.07, 6.45) is 0. The number of hydrogen-bond donors (Lipinski definition) is 1. The van der Waals surface area contributed by atoms with E-state index in [4.69, 9.17) is 0 Å². The van der Waals surface area contributed by atoms with Crippen LogP contribution in [0.4, 0.5) is 0 Å². The first-order valence-electron chi connectivity index (χ1n) is 7.10. The molecule has 2 aromatic rings. The summed E-state index contributed by atoms with van der Waals surface area (Å²) in [6, 6.07) is 18.5. The van der Waals surface area contributed by atoms with E-state index in [1.54, 1.807) is 30.3 Å². The molecule has 4 heteroatoms. The Morgan fingerprint density at radius 2 is 1.64 bits per heavy atom. The Morgan fingerprint density at radius 1 is 1.09 bits per heavy atom. The third kappa shape index (κ3) is 4.48. The molecule has 0 aliphatic carbocycles. The van der Waals surface area contributed by atoms with Crippen LogP contribution in [0, 0.1) is 5.75 Å². The van der Waals surface area contributed by atoms with Crippen molar-refractivity contribution in [2.45, 2.75) is 17.9 Å². The lowest BCUT2D eigenvalue weighted by molar-refractivity contribution is 0.596. The maximum Gasteiger partial charge on any atom is 0.133 e. The zero-order valence-electron chi connectivity index (χ0n) is 12.6. The summed E-state index contributed by atoms with van der Waals surface area (Å²) in [5.74, 6) is 1.23. The summed E-state index contributed by atoms with van der Waals surface area (Å²) < 4.78 is 24.4. The fourth-order valence-electron chi connectivity index (χ4n) is 2.08. The minimum absolute atomic E-state index is 0.130. The van der Waals surface area contributed by atoms with Crippen molar-refractivity contribution in [1.82, 2.24) is 5.32 Å². The maximum absolute atomic E-state index is 12.2. The van der Waals surface area contributed by atoms with Crippen molar-refractivity contribution in [1.29, 1.82) is 0 Å². The van der Waals surface area contributed by atoms with Gasteiger partial charge in [-0.2, -0.15) is 5.57 Å². The molecule has 0 heterocycles. The smallest absolute Gasteiger partial charge is 0.133 e. The van der Waals surface area contributed by atoms with E-state index in [2.05, 4.69) is 11.9 Å².